The second-order valence-electron chi connectivity index (χ2n) is 3.86. The monoisotopic (exact) mass is 214 g/mol. The van der Waals surface area contributed by atoms with Crippen LogP contribution in [0.15, 0.2) is 12.1 Å². The normalized spacial score (nSPS) is 21.6. The molecule has 1 aromatic carbocycles. The first-order chi connectivity index (χ1) is 7.58. The minimum Gasteiger partial charge on any atom is -0.351 e. The van der Waals surface area contributed by atoms with Gasteiger partial charge in [-0.25, -0.2) is 0 Å². The molecule has 1 atom stereocenters. The van der Waals surface area contributed by atoms with Crippen LogP contribution in [0.4, 0.5) is 0 Å². The number of fused-ring (bicyclic) bond motifs is 2. The molecule has 2 heterocycles. The summed E-state index contributed by atoms with van der Waals surface area (Å²) in [7, 11) is 0. The minimum atomic E-state index is -0.393. The van der Waals surface area contributed by atoms with Crippen molar-refractivity contribution < 1.29 is 0 Å². The summed E-state index contributed by atoms with van der Waals surface area (Å²) in [6, 6.07) is 3.52. The number of hydrogen-bond donors (Lipinski definition) is 6. The molecule has 0 aliphatic carbocycles. The zero-order valence-electron chi connectivity index (χ0n) is 8.31. The van der Waals surface area contributed by atoms with E-state index in [2.05, 4.69) is 10.6 Å². The Kier molecular flexibility index (Phi) is 1.51. The topological polar surface area (TPSA) is 122 Å². The van der Waals surface area contributed by atoms with Gasteiger partial charge >= 0.3 is 0 Å². The van der Waals surface area contributed by atoms with Gasteiger partial charge in [0.15, 0.2) is 0 Å². The Labute approximate surface area is 91.4 Å². The maximum atomic E-state index is 7.70. The van der Waals surface area contributed by atoms with Gasteiger partial charge in [-0.15, -0.1) is 0 Å². The highest BCUT2D eigenvalue weighted by molar-refractivity contribution is 6.24. The second-order valence-corrected chi connectivity index (χ2v) is 3.86. The van der Waals surface area contributed by atoms with Crippen LogP contribution in [0.2, 0.25) is 0 Å². The van der Waals surface area contributed by atoms with E-state index >= 15 is 0 Å². The summed E-state index contributed by atoms with van der Waals surface area (Å²) in [6.07, 6.45) is -0.393. The molecular weight excluding hydrogens is 204 g/mol. The van der Waals surface area contributed by atoms with Gasteiger partial charge in [0.2, 0.25) is 0 Å². The van der Waals surface area contributed by atoms with Gasteiger partial charge in [0, 0.05) is 22.3 Å². The number of benzene rings is 1. The van der Waals surface area contributed by atoms with Gasteiger partial charge in [0.05, 0.1) is 0 Å². The smallest absolute Gasteiger partial charge is 0.131 e. The Morgan fingerprint density at radius 1 is 0.938 bits per heavy atom. The SMILES string of the molecule is N=C1NC(=N)c2cc3c(cc21)C(=N)NC3N. The van der Waals surface area contributed by atoms with Crippen LogP contribution in [0, 0.1) is 16.2 Å². The van der Waals surface area contributed by atoms with Crippen molar-refractivity contribution in [3.05, 3.63) is 34.4 Å². The van der Waals surface area contributed by atoms with E-state index in [4.69, 9.17) is 22.0 Å². The molecule has 0 spiro atoms. The maximum Gasteiger partial charge on any atom is 0.131 e. The molecule has 2 aliphatic heterocycles. The molecule has 0 saturated carbocycles. The van der Waals surface area contributed by atoms with Crippen molar-refractivity contribution in [2.75, 3.05) is 0 Å². The minimum absolute atomic E-state index is 0.205. The van der Waals surface area contributed by atoms with Gasteiger partial charge < -0.3 is 16.4 Å². The first kappa shape index (κ1) is 9.05. The predicted molar refractivity (Wildman–Crippen MR) is 60.1 cm³/mol. The van der Waals surface area contributed by atoms with E-state index < -0.39 is 6.17 Å². The van der Waals surface area contributed by atoms with Crippen molar-refractivity contribution in [2.24, 2.45) is 5.73 Å². The van der Waals surface area contributed by atoms with Gasteiger partial charge in [-0.1, -0.05) is 0 Å². The molecular formula is C10H10N6. The van der Waals surface area contributed by atoms with Crippen molar-refractivity contribution in [3.8, 4) is 0 Å². The van der Waals surface area contributed by atoms with Gasteiger partial charge in [-0.05, 0) is 12.1 Å². The Morgan fingerprint density at radius 2 is 1.56 bits per heavy atom. The lowest BCUT2D eigenvalue weighted by molar-refractivity contribution is 0.707. The quantitative estimate of drug-likeness (QED) is 0.359. The summed E-state index contributed by atoms with van der Waals surface area (Å²) >= 11 is 0. The Bertz CT molecular complexity index is 559. The molecule has 0 amide bonds. The zero-order valence-corrected chi connectivity index (χ0v) is 8.31. The highest BCUT2D eigenvalue weighted by Crippen LogP contribution is 2.27. The molecule has 0 radical (unpaired) electrons. The summed E-state index contributed by atoms with van der Waals surface area (Å²) in [4.78, 5) is 0. The average Bonchev–Trinajstić information content (AvgIpc) is 2.67. The predicted octanol–water partition coefficient (Wildman–Crippen LogP) is -0.174. The van der Waals surface area contributed by atoms with Crippen LogP contribution in [0.3, 0.4) is 0 Å². The lowest BCUT2D eigenvalue weighted by Crippen LogP contribution is -2.25. The van der Waals surface area contributed by atoms with E-state index in [1.165, 1.54) is 0 Å². The summed E-state index contributed by atoms with van der Waals surface area (Å²) in [5, 5.41) is 28.5. The molecule has 1 unspecified atom stereocenters. The first-order valence-electron chi connectivity index (χ1n) is 4.82. The molecule has 0 aromatic heterocycles. The van der Waals surface area contributed by atoms with E-state index in [0.717, 1.165) is 5.56 Å². The van der Waals surface area contributed by atoms with E-state index in [0.29, 0.717) is 16.7 Å². The number of nitrogens with two attached hydrogens (primary N) is 1. The molecule has 0 bridgehead atoms. The molecule has 3 rings (SSSR count). The van der Waals surface area contributed by atoms with E-state index in [9.17, 15) is 0 Å². The Hall–Kier alpha value is -2.21. The van der Waals surface area contributed by atoms with Crippen molar-refractivity contribution in [3.63, 3.8) is 0 Å². The third-order valence-electron chi connectivity index (χ3n) is 2.88. The Balaban J connectivity index is 2.29. The lowest BCUT2D eigenvalue weighted by atomic mass is 10.00. The summed E-state index contributed by atoms with van der Waals surface area (Å²) in [6.45, 7) is 0. The van der Waals surface area contributed by atoms with Crippen LogP contribution in [-0.4, -0.2) is 17.5 Å². The van der Waals surface area contributed by atoms with E-state index in [1.54, 1.807) is 12.1 Å². The van der Waals surface area contributed by atoms with Crippen LogP contribution in [0.1, 0.15) is 28.4 Å². The van der Waals surface area contributed by atoms with Gasteiger partial charge in [0.1, 0.15) is 23.7 Å². The van der Waals surface area contributed by atoms with Crippen LogP contribution >= 0.6 is 0 Å². The summed E-state index contributed by atoms with van der Waals surface area (Å²) in [5.74, 6) is 0.695. The molecule has 7 N–H and O–H groups in total. The second kappa shape index (κ2) is 2.67. The summed E-state index contributed by atoms with van der Waals surface area (Å²) < 4.78 is 0. The van der Waals surface area contributed by atoms with Crippen LogP contribution in [0.25, 0.3) is 0 Å². The molecule has 16 heavy (non-hydrogen) atoms. The lowest BCUT2D eigenvalue weighted by Gasteiger charge is -2.05. The number of amidine groups is 3. The van der Waals surface area contributed by atoms with Crippen molar-refractivity contribution >= 4 is 17.5 Å². The fraction of sp³-hybridized carbons (Fsp3) is 0.100. The highest BCUT2D eigenvalue weighted by Gasteiger charge is 2.29. The first-order valence-corrected chi connectivity index (χ1v) is 4.82. The summed E-state index contributed by atoms with van der Waals surface area (Å²) in [5.41, 5.74) is 8.67. The molecule has 80 valence electrons. The largest absolute Gasteiger partial charge is 0.351 e. The van der Waals surface area contributed by atoms with Crippen LogP contribution in [0.5, 0.6) is 0 Å². The number of rotatable bonds is 0. The van der Waals surface area contributed by atoms with E-state index in [1.807, 2.05) is 0 Å². The van der Waals surface area contributed by atoms with Gasteiger partial charge in [-0.2, -0.15) is 0 Å². The number of nitrogens with one attached hydrogen (secondary N) is 5. The molecule has 1 aromatic rings. The fourth-order valence-electron chi connectivity index (χ4n) is 2.07. The molecule has 6 nitrogen and oxygen atoms in total. The average molecular weight is 214 g/mol. The van der Waals surface area contributed by atoms with Gasteiger partial charge in [0.25, 0.3) is 0 Å². The van der Waals surface area contributed by atoms with E-state index in [-0.39, 0.29) is 17.5 Å². The molecule has 2 aliphatic rings. The van der Waals surface area contributed by atoms with Crippen LogP contribution < -0.4 is 16.4 Å². The molecule has 0 saturated heterocycles. The zero-order chi connectivity index (χ0) is 11.4. The fourth-order valence-corrected chi connectivity index (χ4v) is 2.07. The molecule has 6 heteroatoms. The van der Waals surface area contributed by atoms with Crippen molar-refractivity contribution in [1.29, 1.82) is 16.2 Å². The third kappa shape index (κ3) is 0.961. The molecule has 0 fully saturated rings. The Morgan fingerprint density at radius 3 is 2.25 bits per heavy atom. The van der Waals surface area contributed by atoms with Gasteiger partial charge in [-0.3, -0.25) is 16.2 Å². The number of hydrogen-bond acceptors (Lipinski definition) is 4. The van der Waals surface area contributed by atoms with Crippen LogP contribution in [-0.2, 0) is 0 Å². The highest BCUT2D eigenvalue weighted by atomic mass is 15.1. The maximum absolute atomic E-state index is 7.70. The third-order valence-corrected chi connectivity index (χ3v) is 2.88. The van der Waals surface area contributed by atoms with Crippen molar-refractivity contribution in [2.45, 2.75) is 6.17 Å². The van der Waals surface area contributed by atoms with Crippen molar-refractivity contribution in [1.82, 2.24) is 10.6 Å². The standard InChI is InChI=1S/C10H10N6/c11-7-3-1-4-6(10(14)16-8(4)12)2-5(3)9(13)15-7/h1-2,7H,11H2,(H2,13,15)(H3,12,14,16).